The van der Waals surface area contributed by atoms with Gasteiger partial charge in [0.1, 0.15) is 11.5 Å². The molecule has 0 aromatic heterocycles. The average molecular weight is 470 g/mol. The number of ether oxygens (including phenoxy) is 2. The Bertz CT molecular complexity index is 736. The van der Waals surface area contributed by atoms with Crippen molar-refractivity contribution in [3.63, 3.8) is 0 Å². The number of unbranched alkanes of at least 4 members (excludes halogenated alkanes) is 1. The number of methoxy groups -OCH3 is 1. The molecular formula is C24H37Cl2N3O2. The van der Waals surface area contributed by atoms with Crippen LogP contribution in [0, 0.1) is 0 Å². The molecule has 1 aliphatic rings. The van der Waals surface area contributed by atoms with E-state index in [1.165, 1.54) is 17.7 Å². The molecule has 7 heteroatoms. The summed E-state index contributed by atoms with van der Waals surface area (Å²) >= 11 is 0. The van der Waals surface area contributed by atoms with E-state index in [-0.39, 0.29) is 24.8 Å². The van der Waals surface area contributed by atoms with Crippen LogP contribution in [0.15, 0.2) is 48.5 Å². The molecule has 0 saturated carbocycles. The van der Waals surface area contributed by atoms with Gasteiger partial charge in [-0.05, 0) is 63.3 Å². The Balaban J connectivity index is 0.00000240. The van der Waals surface area contributed by atoms with Gasteiger partial charge in [0.25, 0.3) is 0 Å². The Morgan fingerprint density at radius 3 is 2.19 bits per heavy atom. The van der Waals surface area contributed by atoms with Gasteiger partial charge in [0.15, 0.2) is 0 Å². The highest BCUT2D eigenvalue weighted by Gasteiger charge is 2.18. The summed E-state index contributed by atoms with van der Waals surface area (Å²) in [6.07, 6.45) is 2.26. The first-order chi connectivity index (χ1) is 14.2. The van der Waals surface area contributed by atoms with Crippen LogP contribution in [0.25, 0.3) is 0 Å². The molecular weight excluding hydrogens is 433 g/mol. The van der Waals surface area contributed by atoms with Crippen molar-refractivity contribution in [1.29, 1.82) is 0 Å². The van der Waals surface area contributed by atoms with E-state index < -0.39 is 0 Å². The summed E-state index contributed by atoms with van der Waals surface area (Å²) in [5, 5.41) is 0. The van der Waals surface area contributed by atoms with Crippen LogP contribution in [0.2, 0.25) is 0 Å². The van der Waals surface area contributed by atoms with Crippen LogP contribution in [0.3, 0.4) is 0 Å². The molecule has 1 fully saturated rings. The molecule has 3 rings (SSSR count). The molecule has 0 atom stereocenters. The van der Waals surface area contributed by atoms with Crippen LogP contribution >= 0.6 is 24.8 Å². The van der Waals surface area contributed by atoms with Crippen molar-refractivity contribution in [1.82, 2.24) is 9.80 Å². The minimum Gasteiger partial charge on any atom is -0.495 e. The van der Waals surface area contributed by atoms with E-state index in [0.717, 1.165) is 63.8 Å². The lowest BCUT2D eigenvalue weighted by Gasteiger charge is -2.36. The minimum absolute atomic E-state index is 0. The molecule has 2 aromatic rings. The van der Waals surface area contributed by atoms with Crippen molar-refractivity contribution in [2.75, 3.05) is 65.4 Å². The lowest BCUT2D eigenvalue weighted by atomic mass is 10.2. The second-order valence-corrected chi connectivity index (χ2v) is 7.94. The van der Waals surface area contributed by atoms with E-state index >= 15 is 0 Å². The van der Waals surface area contributed by atoms with Crippen molar-refractivity contribution in [3.05, 3.63) is 54.1 Å². The molecule has 0 spiro atoms. The summed E-state index contributed by atoms with van der Waals surface area (Å²) in [4.78, 5) is 7.16. The third-order valence-corrected chi connectivity index (χ3v) is 5.36. The fraction of sp³-hybridized carbons (Fsp3) is 0.500. The maximum absolute atomic E-state index is 5.90. The molecule has 2 aromatic carbocycles. The minimum atomic E-state index is 0. The summed E-state index contributed by atoms with van der Waals surface area (Å²) in [7, 11) is 5.92. The van der Waals surface area contributed by atoms with E-state index in [9.17, 15) is 0 Å². The molecule has 5 nitrogen and oxygen atoms in total. The van der Waals surface area contributed by atoms with E-state index in [4.69, 9.17) is 9.47 Å². The quantitative estimate of drug-likeness (QED) is 0.474. The zero-order chi connectivity index (χ0) is 20.5. The Labute approximate surface area is 200 Å². The third-order valence-electron chi connectivity index (χ3n) is 5.36. The Morgan fingerprint density at radius 1 is 0.871 bits per heavy atom. The number of hydrogen-bond acceptors (Lipinski definition) is 5. The van der Waals surface area contributed by atoms with E-state index in [2.05, 4.69) is 65.2 Å². The maximum atomic E-state index is 5.90. The van der Waals surface area contributed by atoms with Crippen molar-refractivity contribution in [2.24, 2.45) is 0 Å². The molecule has 0 aliphatic carbocycles. The van der Waals surface area contributed by atoms with Crippen LogP contribution < -0.4 is 14.4 Å². The molecule has 0 N–H and O–H groups in total. The van der Waals surface area contributed by atoms with Gasteiger partial charge >= 0.3 is 0 Å². The SMILES string of the molecule is COc1ccccc1N1CCN(CCCCOc2ccc(CN(C)C)cc2)CC1.Cl.Cl. The van der Waals surface area contributed by atoms with Crippen LogP contribution in [0.5, 0.6) is 11.5 Å². The van der Waals surface area contributed by atoms with Gasteiger partial charge in [0.2, 0.25) is 0 Å². The lowest BCUT2D eigenvalue weighted by molar-refractivity contribution is 0.238. The standard InChI is InChI=1S/C24H35N3O2.2ClH/c1-25(2)20-21-10-12-22(13-11-21)29-19-7-6-14-26-15-17-27(18-16-26)23-8-4-5-9-24(23)28-3;;/h4-5,8-13H,6-7,14-20H2,1-3H3;2*1H. The molecule has 31 heavy (non-hydrogen) atoms. The third kappa shape index (κ3) is 8.77. The van der Waals surface area contributed by atoms with Crippen molar-refractivity contribution < 1.29 is 9.47 Å². The fourth-order valence-electron chi connectivity index (χ4n) is 3.79. The second-order valence-electron chi connectivity index (χ2n) is 7.94. The second kappa shape index (κ2) is 14.4. The first kappa shape index (κ1) is 27.4. The monoisotopic (exact) mass is 469 g/mol. The molecule has 0 radical (unpaired) electrons. The van der Waals surface area contributed by atoms with E-state index in [1.54, 1.807) is 7.11 Å². The maximum Gasteiger partial charge on any atom is 0.142 e. The van der Waals surface area contributed by atoms with Crippen molar-refractivity contribution >= 4 is 30.5 Å². The van der Waals surface area contributed by atoms with Crippen LogP contribution in [-0.4, -0.2) is 70.3 Å². The average Bonchev–Trinajstić information content (AvgIpc) is 2.75. The van der Waals surface area contributed by atoms with E-state index in [1.807, 2.05) is 12.1 Å². The zero-order valence-electron chi connectivity index (χ0n) is 19.0. The summed E-state index contributed by atoms with van der Waals surface area (Å²) in [5.41, 5.74) is 2.52. The number of hydrogen-bond donors (Lipinski definition) is 0. The Kier molecular flexibility index (Phi) is 12.7. The van der Waals surface area contributed by atoms with Crippen LogP contribution in [-0.2, 0) is 6.54 Å². The summed E-state index contributed by atoms with van der Waals surface area (Å²) in [6.45, 7) is 7.20. The van der Waals surface area contributed by atoms with Gasteiger partial charge in [-0.2, -0.15) is 0 Å². The van der Waals surface area contributed by atoms with Crippen LogP contribution in [0.4, 0.5) is 5.69 Å². The number of benzene rings is 2. The molecule has 0 amide bonds. The Hall–Kier alpha value is -1.66. The highest BCUT2D eigenvalue weighted by Crippen LogP contribution is 2.28. The largest absolute Gasteiger partial charge is 0.495 e. The number of rotatable bonds is 10. The first-order valence-electron chi connectivity index (χ1n) is 10.6. The highest BCUT2D eigenvalue weighted by molar-refractivity contribution is 5.85. The number of anilines is 1. The predicted octanol–water partition coefficient (Wildman–Crippen LogP) is 4.58. The molecule has 1 saturated heterocycles. The number of nitrogens with zero attached hydrogens (tertiary/aromatic N) is 3. The molecule has 174 valence electrons. The van der Waals surface area contributed by atoms with E-state index in [0.29, 0.717) is 0 Å². The Morgan fingerprint density at radius 2 is 1.55 bits per heavy atom. The van der Waals surface area contributed by atoms with Gasteiger partial charge in [-0.15, -0.1) is 24.8 Å². The van der Waals surface area contributed by atoms with Gasteiger partial charge in [0, 0.05) is 32.7 Å². The van der Waals surface area contributed by atoms with Gasteiger partial charge < -0.3 is 19.3 Å². The summed E-state index contributed by atoms with van der Waals surface area (Å²) < 4.78 is 11.4. The predicted molar refractivity (Wildman–Crippen MR) is 135 cm³/mol. The summed E-state index contributed by atoms with van der Waals surface area (Å²) in [6, 6.07) is 16.8. The highest BCUT2D eigenvalue weighted by atomic mass is 35.5. The van der Waals surface area contributed by atoms with Gasteiger partial charge in [0.05, 0.1) is 19.4 Å². The fourth-order valence-corrected chi connectivity index (χ4v) is 3.79. The topological polar surface area (TPSA) is 28.2 Å². The van der Waals surface area contributed by atoms with Gasteiger partial charge in [-0.25, -0.2) is 0 Å². The molecule has 1 aliphatic heterocycles. The normalized spacial score (nSPS) is 14.0. The number of piperazine rings is 1. The molecule has 0 unspecified atom stereocenters. The van der Waals surface area contributed by atoms with Crippen molar-refractivity contribution in [3.8, 4) is 11.5 Å². The lowest BCUT2D eigenvalue weighted by Crippen LogP contribution is -2.46. The number of halogens is 2. The summed E-state index contributed by atoms with van der Waals surface area (Å²) in [5.74, 6) is 1.94. The van der Waals surface area contributed by atoms with Gasteiger partial charge in [-0.3, -0.25) is 4.90 Å². The zero-order valence-corrected chi connectivity index (χ0v) is 20.6. The van der Waals surface area contributed by atoms with Gasteiger partial charge in [-0.1, -0.05) is 24.3 Å². The molecule has 1 heterocycles. The van der Waals surface area contributed by atoms with Crippen molar-refractivity contribution in [2.45, 2.75) is 19.4 Å². The van der Waals surface area contributed by atoms with Crippen LogP contribution in [0.1, 0.15) is 18.4 Å². The first-order valence-corrected chi connectivity index (χ1v) is 10.6. The number of para-hydroxylation sites is 2. The smallest absolute Gasteiger partial charge is 0.142 e. The molecule has 0 bridgehead atoms.